The van der Waals surface area contributed by atoms with Crippen LogP contribution in [0.25, 0.3) is 0 Å². The Labute approximate surface area is 190 Å². The summed E-state index contributed by atoms with van der Waals surface area (Å²) in [7, 11) is 2.24. The SMILES string of the molecule is CC[N+](C)(CC)CCCN(C(=O)c1ccc([N+](=O)[O-])cc1)C(C)c1ccccc1.[Br-]. The summed E-state index contributed by atoms with van der Waals surface area (Å²) in [4.78, 5) is 25.6. The Kier molecular flexibility index (Phi) is 10.2. The maximum absolute atomic E-state index is 13.3. The van der Waals surface area contributed by atoms with Gasteiger partial charge in [-0.15, -0.1) is 0 Å². The molecular weight excluding hydrogens is 446 g/mol. The van der Waals surface area contributed by atoms with E-state index in [1.807, 2.05) is 42.2 Å². The minimum Gasteiger partial charge on any atom is -1.00 e. The number of halogens is 1. The number of non-ortho nitro benzene ring substituents is 1. The Hall–Kier alpha value is -2.25. The molecule has 2 rings (SSSR count). The molecular formula is C23H32BrN3O3. The fraction of sp³-hybridized carbons (Fsp3) is 0.435. The second-order valence-corrected chi connectivity index (χ2v) is 7.72. The number of carbonyl (C=O) groups is 1. The lowest BCUT2D eigenvalue weighted by Crippen LogP contribution is -3.00. The minimum absolute atomic E-state index is 0. The van der Waals surface area contributed by atoms with Gasteiger partial charge in [0, 0.05) is 30.7 Å². The van der Waals surface area contributed by atoms with Gasteiger partial charge in [0.05, 0.1) is 37.6 Å². The largest absolute Gasteiger partial charge is 1.00 e. The van der Waals surface area contributed by atoms with Crippen LogP contribution < -0.4 is 17.0 Å². The van der Waals surface area contributed by atoms with Crippen LogP contribution >= 0.6 is 0 Å². The summed E-state index contributed by atoms with van der Waals surface area (Å²) in [5, 5.41) is 10.9. The number of quaternary nitrogens is 1. The fourth-order valence-electron chi connectivity index (χ4n) is 3.44. The Morgan fingerprint density at radius 2 is 1.63 bits per heavy atom. The zero-order valence-electron chi connectivity index (χ0n) is 18.3. The van der Waals surface area contributed by atoms with Gasteiger partial charge in [-0.05, 0) is 38.5 Å². The number of hydrogen-bond donors (Lipinski definition) is 0. The topological polar surface area (TPSA) is 63.5 Å². The maximum Gasteiger partial charge on any atom is 0.269 e. The summed E-state index contributed by atoms with van der Waals surface area (Å²) in [6, 6.07) is 15.8. The Morgan fingerprint density at radius 1 is 1.07 bits per heavy atom. The molecule has 0 radical (unpaired) electrons. The van der Waals surface area contributed by atoms with E-state index in [1.165, 1.54) is 12.1 Å². The first-order valence-corrected chi connectivity index (χ1v) is 10.2. The van der Waals surface area contributed by atoms with Gasteiger partial charge < -0.3 is 26.4 Å². The average Bonchev–Trinajstić information content (AvgIpc) is 2.76. The predicted octanol–water partition coefficient (Wildman–Crippen LogP) is 1.68. The van der Waals surface area contributed by atoms with E-state index in [1.54, 1.807) is 12.1 Å². The van der Waals surface area contributed by atoms with Crippen molar-refractivity contribution in [1.82, 2.24) is 4.90 Å². The molecule has 0 aliphatic rings. The third-order valence-corrected chi connectivity index (χ3v) is 5.96. The summed E-state index contributed by atoms with van der Waals surface area (Å²) >= 11 is 0. The molecule has 0 aromatic heterocycles. The van der Waals surface area contributed by atoms with Crippen molar-refractivity contribution in [2.24, 2.45) is 0 Å². The normalized spacial score (nSPS) is 12.0. The lowest BCUT2D eigenvalue weighted by Gasteiger charge is -2.34. The molecule has 164 valence electrons. The van der Waals surface area contributed by atoms with Gasteiger partial charge >= 0.3 is 0 Å². The Bertz CT molecular complexity index is 808. The molecule has 0 saturated carbocycles. The second-order valence-electron chi connectivity index (χ2n) is 7.72. The molecule has 0 N–H and O–H groups in total. The van der Waals surface area contributed by atoms with Crippen LogP contribution in [0.15, 0.2) is 54.6 Å². The van der Waals surface area contributed by atoms with Crippen LogP contribution in [0.2, 0.25) is 0 Å². The van der Waals surface area contributed by atoms with Crippen molar-refractivity contribution in [2.45, 2.75) is 33.2 Å². The molecule has 1 unspecified atom stereocenters. The van der Waals surface area contributed by atoms with Crippen molar-refractivity contribution in [3.8, 4) is 0 Å². The van der Waals surface area contributed by atoms with Gasteiger partial charge in [0.1, 0.15) is 0 Å². The highest BCUT2D eigenvalue weighted by Crippen LogP contribution is 2.24. The maximum atomic E-state index is 13.3. The van der Waals surface area contributed by atoms with E-state index in [2.05, 4.69) is 20.9 Å². The molecule has 1 amide bonds. The third kappa shape index (κ3) is 6.64. The number of nitro benzene ring substituents is 1. The number of amides is 1. The van der Waals surface area contributed by atoms with E-state index in [-0.39, 0.29) is 34.6 Å². The molecule has 1 atom stereocenters. The molecule has 7 heteroatoms. The van der Waals surface area contributed by atoms with Crippen LogP contribution in [0.4, 0.5) is 5.69 Å². The van der Waals surface area contributed by atoms with Gasteiger partial charge in [0.15, 0.2) is 0 Å². The number of carbonyl (C=O) groups excluding carboxylic acids is 1. The summed E-state index contributed by atoms with van der Waals surface area (Å²) in [6.07, 6.45) is 0.897. The van der Waals surface area contributed by atoms with Crippen LogP contribution in [-0.4, -0.2) is 53.4 Å². The molecule has 0 spiro atoms. The summed E-state index contributed by atoms with van der Waals surface area (Å²) < 4.78 is 0.972. The summed E-state index contributed by atoms with van der Waals surface area (Å²) in [5.41, 5.74) is 1.54. The summed E-state index contributed by atoms with van der Waals surface area (Å²) in [5.74, 6) is -0.0987. The quantitative estimate of drug-likeness (QED) is 0.297. The first kappa shape index (κ1) is 25.8. The highest BCUT2D eigenvalue weighted by Gasteiger charge is 2.25. The Morgan fingerprint density at radius 3 is 2.13 bits per heavy atom. The Balaban J connectivity index is 0.00000450. The van der Waals surface area contributed by atoms with E-state index in [9.17, 15) is 14.9 Å². The molecule has 0 aliphatic carbocycles. The highest BCUT2D eigenvalue weighted by atomic mass is 79.9. The number of rotatable bonds is 10. The number of nitro groups is 1. The molecule has 0 aliphatic heterocycles. The molecule has 0 saturated heterocycles. The molecule has 0 heterocycles. The second kappa shape index (κ2) is 11.8. The van der Waals surface area contributed by atoms with Crippen LogP contribution in [0.3, 0.4) is 0 Å². The van der Waals surface area contributed by atoms with E-state index in [0.717, 1.165) is 36.1 Å². The van der Waals surface area contributed by atoms with Crippen LogP contribution in [0.1, 0.15) is 49.2 Å². The van der Waals surface area contributed by atoms with E-state index < -0.39 is 4.92 Å². The lowest BCUT2D eigenvalue weighted by molar-refractivity contribution is -0.906. The molecule has 0 fully saturated rings. The van der Waals surface area contributed by atoms with Crippen molar-refractivity contribution >= 4 is 11.6 Å². The van der Waals surface area contributed by atoms with Crippen molar-refractivity contribution in [2.75, 3.05) is 33.2 Å². The van der Waals surface area contributed by atoms with Crippen LogP contribution in [0, 0.1) is 10.1 Å². The standard InChI is InChI=1S/C23H32N3O3.BrH/c1-5-26(4,6-2)18-10-17-24(19(3)20-11-8-7-9-12-20)23(27)21-13-15-22(16-14-21)25(28)29;/h7-9,11-16,19H,5-6,10,17-18H2,1-4H3;1H/q+1;/p-1. The number of hydrogen-bond acceptors (Lipinski definition) is 3. The van der Waals surface area contributed by atoms with Crippen molar-refractivity contribution in [3.63, 3.8) is 0 Å². The zero-order chi connectivity index (χ0) is 21.4. The van der Waals surface area contributed by atoms with Crippen LogP contribution in [0.5, 0.6) is 0 Å². The first-order chi connectivity index (χ1) is 13.8. The van der Waals surface area contributed by atoms with E-state index in [4.69, 9.17) is 0 Å². The van der Waals surface area contributed by atoms with Gasteiger partial charge in [-0.3, -0.25) is 14.9 Å². The lowest BCUT2D eigenvalue weighted by atomic mass is 10.0. The van der Waals surface area contributed by atoms with Crippen molar-refractivity contribution in [1.29, 1.82) is 0 Å². The first-order valence-electron chi connectivity index (χ1n) is 10.2. The van der Waals surface area contributed by atoms with Gasteiger partial charge in [0.2, 0.25) is 0 Å². The van der Waals surface area contributed by atoms with Crippen molar-refractivity contribution < 1.29 is 31.2 Å². The van der Waals surface area contributed by atoms with E-state index in [0.29, 0.717) is 12.1 Å². The predicted molar refractivity (Wildman–Crippen MR) is 116 cm³/mol. The number of benzene rings is 2. The summed E-state index contributed by atoms with van der Waals surface area (Å²) in [6.45, 7) is 10.2. The molecule has 6 nitrogen and oxygen atoms in total. The third-order valence-electron chi connectivity index (χ3n) is 5.96. The number of nitrogens with zero attached hydrogens (tertiary/aromatic N) is 3. The fourth-order valence-corrected chi connectivity index (χ4v) is 3.44. The van der Waals surface area contributed by atoms with Gasteiger partial charge in [0.25, 0.3) is 11.6 Å². The molecule has 30 heavy (non-hydrogen) atoms. The van der Waals surface area contributed by atoms with E-state index >= 15 is 0 Å². The highest BCUT2D eigenvalue weighted by molar-refractivity contribution is 5.94. The average molecular weight is 478 g/mol. The van der Waals surface area contributed by atoms with Crippen molar-refractivity contribution in [3.05, 3.63) is 75.8 Å². The zero-order valence-corrected chi connectivity index (χ0v) is 19.8. The van der Waals surface area contributed by atoms with Gasteiger partial charge in [-0.2, -0.15) is 0 Å². The van der Waals surface area contributed by atoms with Gasteiger partial charge in [-0.1, -0.05) is 30.3 Å². The molecule has 2 aromatic rings. The monoisotopic (exact) mass is 477 g/mol. The van der Waals surface area contributed by atoms with Gasteiger partial charge in [-0.25, -0.2) is 0 Å². The minimum atomic E-state index is -0.452. The smallest absolute Gasteiger partial charge is 0.269 e. The van der Waals surface area contributed by atoms with Crippen LogP contribution in [-0.2, 0) is 0 Å². The molecule has 2 aromatic carbocycles. The molecule has 0 bridgehead atoms.